The fourth-order valence-electron chi connectivity index (χ4n) is 5.32. The van der Waals surface area contributed by atoms with Gasteiger partial charge in [-0.25, -0.2) is 15.0 Å². The minimum Gasteiger partial charge on any atom is -0.494 e. The van der Waals surface area contributed by atoms with Crippen LogP contribution in [0.2, 0.25) is 0 Å². The number of imidazole rings is 1. The molecule has 0 radical (unpaired) electrons. The molecule has 6 rings (SSSR count). The summed E-state index contributed by atoms with van der Waals surface area (Å²) < 4.78 is 13.2. The Morgan fingerprint density at radius 3 is 2.89 bits per heavy atom. The van der Waals surface area contributed by atoms with Crippen LogP contribution in [0.3, 0.4) is 0 Å². The number of ether oxygens (including phenoxy) is 1. The van der Waals surface area contributed by atoms with Crippen molar-refractivity contribution in [3.63, 3.8) is 0 Å². The molecular formula is C27H31N7O3. The van der Waals surface area contributed by atoms with Gasteiger partial charge in [0.25, 0.3) is 0 Å². The molecule has 4 aromatic rings. The van der Waals surface area contributed by atoms with Crippen LogP contribution in [0, 0.1) is 5.92 Å². The Morgan fingerprint density at radius 2 is 2.03 bits per heavy atom. The van der Waals surface area contributed by atoms with Crippen molar-refractivity contribution >= 4 is 28.8 Å². The first-order valence-corrected chi connectivity index (χ1v) is 13.2. The number of carbonyl (C=O) groups excluding carboxylic acids is 1. The van der Waals surface area contributed by atoms with Crippen molar-refractivity contribution in [2.45, 2.75) is 52.0 Å². The van der Waals surface area contributed by atoms with E-state index in [2.05, 4.69) is 29.9 Å². The first kappa shape index (κ1) is 23.4. The number of hydrogen-bond donors (Lipinski definition) is 1. The molecule has 0 spiro atoms. The van der Waals surface area contributed by atoms with E-state index in [0.29, 0.717) is 24.7 Å². The number of rotatable bonds is 6. The fraction of sp³-hybridized carbons (Fsp3) is 0.444. The zero-order valence-electron chi connectivity index (χ0n) is 21.0. The highest BCUT2D eigenvalue weighted by Gasteiger charge is 2.29. The molecule has 5 heterocycles. The fourth-order valence-corrected chi connectivity index (χ4v) is 5.32. The summed E-state index contributed by atoms with van der Waals surface area (Å²) in [4.78, 5) is 29.4. The lowest BCUT2D eigenvalue weighted by atomic mass is 9.97. The summed E-state index contributed by atoms with van der Waals surface area (Å²) >= 11 is 0. The lowest BCUT2D eigenvalue weighted by Gasteiger charge is -2.32. The van der Waals surface area contributed by atoms with E-state index in [1.807, 2.05) is 31.2 Å². The Balaban J connectivity index is 1.15. The molecule has 0 bridgehead atoms. The molecule has 1 amide bonds. The maximum atomic E-state index is 13.2. The molecule has 37 heavy (non-hydrogen) atoms. The average molecular weight is 502 g/mol. The molecule has 3 aromatic heterocycles. The average Bonchev–Trinajstić information content (AvgIpc) is 3.46. The first-order valence-electron chi connectivity index (χ1n) is 13.2. The van der Waals surface area contributed by atoms with Crippen LogP contribution < -0.4 is 15.0 Å². The number of piperidine rings is 1. The molecule has 10 heteroatoms. The van der Waals surface area contributed by atoms with Gasteiger partial charge >= 0.3 is 0 Å². The molecule has 10 nitrogen and oxygen atoms in total. The molecule has 1 unspecified atom stereocenters. The summed E-state index contributed by atoms with van der Waals surface area (Å²) in [5.74, 6) is 2.78. The number of carbonyl (C=O) groups is 1. The quantitative estimate of drug-likeness (QED) is 0.412. The number of aromatic nitrogens is 5. The highest BCUT2D eigenvalue weighted by Crippen LogP contribution is 2.30. The Kier molecular flexibility index (Phi) is 6.46. The number of benzene rings is 1. The van der Waals surface area contributed by atoms with E-state index in [9.17, 15) is 4.79 Å². The van der Waals surface area contributed by atoms with Crippen molar-refractivity contribution in [1.29, 1.82) is 0 Å². The monoisotopic (exact) mass is 501 g/mol. The van der Waals surface area contributed by atoms with Crippen LogP contribution in [0.15, 0.2) is 41.2 Å². The highest BCUT2D eigenvalue weighted by molar-refractivity contribution is 5.92. The minimum atomic E-state index is -0.196. The first-order chi connectivity index (χ1) is 18.2. The Hall–Kier alpha value is -3.95. The lowest BCUT2D eigenvalue weighted by molar-refractivity contribution is -0.120. The number of hydrogen-bond acceptors (Lipinski definition) is 8. The zero-order chi connectivity index (χ0) is 25.2. The van der Waals surface area contributed by atoms with Gasteiger partial charge in [0, 0.05) is 37.7 Å². The lowest BCUT2D eigenvalue weighted by Crippen LogP contribution is -2.41. The molecule has 1 atom stereocenters. The van der Waals surface area contributed by atoms with Crippen LogP contribution in [0.4, 0.5) is 11.7 Å². The topological polar surface area (TPSA) is 111 Å². The normalized spacial score (nSPS) is 17.9. The van der Waals surface area contributed by atoms with E-state index in [-0.39, 0.29) is 11.8 Å². The van der Waals surface area contributed by atoms with Gasteiger partial charge in [-0.05, 0) is 56.9 Å². The maximum Gasteiger partial charge on any atom is 0.231 e. The van der Waals surface area contributed by atoms with Crippen molar-refractivity contribution in [2.24, 2.45) is 5.92 Å². The standard InChI is InChI=1S/C27H31N7O3/c1-2-36-20-11-9-18(10-12-20)21-15-23(37-32-21)31-27(35)19-7-6-13-33(16-19)25-24-26(29-17-28-25)34-14-5-3-4-8-22(34)30-24/h9-12,15,17,19H,2-8,13-14,16H2,1H3,(H,31,35). The molecule has 1 saturated heterocycles. The van der Waals surface area contributed by atoms with Crippen molar-refractivity contribution in [3.05, 3.63) is 42.5 Å². The third-order valence-electron chi connectivity index (χ3n) is 7.18. The van der Waals surface area contributed by atoms with E-state index in [0.717, 1.165) is 79.3 Å². The number of nitrogens with one attached hydrogen (secondary N) is 1. The van der Waals surface area contributed by atoms with Crippen LogP contribution in [-0.2, 0) is 17.8 Å². The Bertz CT molecular complexity index is 1400. The Morgan fingerprint density at radius 1 is 1.14 bits per heavy atom. The summed E-state index contributed by atoms with van der Waals surface area (Å²) in [6.45, 7) is 4.92. The van der Waals surface area contributed by atoms with Gasteiger partial charge in [-0.1, -0.05) is 11.6 Å². The summed E-state index contributed by atoms with van der Waals surface area (Å²) in [6.07, 6.45) is 7.81. The van der Waals surface area contributed by atoms with Gasteiger partial charge < -0.3 is 18.7 Å². The van der Waals surface area contributed by atoms with Crippen molar-refractivity contribution in [2.75, 3.05) is 29.9 Å². The van der Waals surface area contributed by atoms with Crippen molar-refractivity contribution in [3.8, 4) is 17.0 Å². The SMILES string of the molecule is CCOc1ccc(-c2cc(NC(=O)C3CCCN(c4ncnc5c4nc4n5CCCCC4)C3)on2)cc1. The van der Waals surface area contributed by atoms with E-state index in [1.54, 1.807) is 12.4 Å². The number of aryl methyl sites for hydroxylation is 2. The molecule has 1 aromatic carbocycles. The predicted molar refractivity (Wildman–Crippen MR) is 140 cm³/mol. The molecular weight excluding hydrogens is 470 g/mol. The van der Waals surface area contributed by atoms with E-state index in [1.165, 1.54) is 6.42 Å². The molecule has 0 aliphatic carbocycles. The van der Waals surface area contributed by atoms with Gasteiger partial charge in [-0.3, -0.25) is 10.1 Å². The second kappa shape index (κ2) is 10.2. The summed E-state index contributed by atoms with van der Waals surface area (Å²) in [5.41, 5.74) is 3.29. The highest BCUT2D eigenvalue weighted by atomic mass is 16.5. The van der Waals surface area contributed by atoms with E-state index in [4.69, 9.17) is 14.2 Å². The van der Waals surface area contributed by atoms with Crippen molar-refractivity contribution < 1.29 is 14.1 Å². The van der Waals surface area contributed by atoms with Gasteiger partial charge in [-0.2, -0.15) is 0 Å². The number of fused-ring (bicyclic) bond motifs is 3. The summed E-state index contributed by atoms with van der Waals surface area (Å²) in [5, 5.41) is 7.04. The minimum absolute atomic E-state index is 0.0787. The second-order valence-electron chi connectivity index (χ2n) is 9.67. The van der Waals surface area contributed by atoms with Gasteiger partial charge in [0.15, 0.2) is 17.0 Å². The summed E-state index contributed by atoms with van der Waals surface area (Å²) in [6, 6.07) is 9.38. The maximum absolute atomic E-state index is 13.2. The van der Waals surface area contributed by atoms with Gasteiger partial charge in [0.05, 0.1) is 12.5 Å². The molecule has 0 saturated carbocycles. The third-order valence-corrected chi connectivity index (χ3v) is 7.18. The van der Waals surface area contributed by atoms with Crippen LogP contribution in [0.5, 0.6) is 5.75 Å². The predicted octanol–water partition coefficient (Wildman–Crippen LogP) is 4.46. The molecule has 2 aliphatic rings. The van der Waals surface area contributed by atoms with Crippen LogP contribution in [-0.4, -0.2) is 50.3 Å². The number of amides is 1. The van der Waals surface area contributed by atoms with Gasteiger partial charge in [0.2, 0.25) is 11.8 Å². The second-order valence-corrected chi connectivity index (χ2v) is 9.67. The number of nitrogens with zero attached hydrogens (tertiary/aromatic N) is 6. The van der Waals surface area contributed by atoms with Gasteiger partial charge in [0.1, 0.15) is 23.6 Å². The van der Waals surface area contributed by atoms with Gasteiger partial charge in [-0.15, -0.1) is 0 Å². The summed E-state index contributed by atoms with van der Waals surface area (Å²) in [7, 11) is 0. The van der Waals surface area contributed by atoms with Crippen LogP contribution in [0.1, 0.15) is 44.9 Å². The molecule has 2 aliphatic heterocycles. The van der Waals surface area contributed by atoms with Crippen molar-refractivity contribution in [1.82, 2.24) is 24.7 Å². The largest absolute Gasteiger partial charge is 0.494 e. The van der Waals surface area contributed by atoms with Crippen LogP contribution >= 0.6 is 0 Å². The number of anilines is 2. The van der Waals surface area contributed by atoms with E-state index < -0.39 is 0 Å². The Labute approximate surface area is 215 Å². The zero-order valence-corrected chi connectivity index (χ0v) is 21.0. The smallest absolute Gasteiger partial charge is 0.231 e. The molecule has 1 N–H and O–H groups in total. The van der Waals surface area contributed by atoms with Crippen LogP contribution in [0.25, 0.3) is 22.4 Å². The third kappa shape index (κ3) is 4.75. The molecule has 192 valence electrons. The van der Waals surface area contributed by atoms with E-state index >= 15 is 0 Å². The molecule has 1 fully saturated rings.